The van der Waals surface area contributed by atoms with Gasteiger partial charge in [-0.15, -0.1) is 0 Å². The molecule has 0 bridgehead atoms. The van der Waals surface area contributed by atoms with Crippen molar-refractivity contribution in [2.75, 3.05) is 16.8 Å². The first-order valence-corrected chi connectivity index (χ1v) is 7.16. The minimum Gasteiger partial charge on any atom is -0.161 e. The summed E-state index contributed by atoms with van der Waals surface area (Å²) < 4.78 is 0. The summed E-state index contributed by atoms with van der Waals surface area (Å²) in [5, 5.41) is 1.16. The standard InChI is InChI=1S/C10H21BrS/c1-4-7-12-9-10(5-2,6-3)8-11/h4-9H2,1-3H3. The van der Waals surface area contributed by atoms with Crippen LogP contribution < -0.4 is 0 Å². The van der Waals surface area contributed by atoms with Crippen LogP contribution in [-0.2, 0) is 0 Å². The van der Waals surface area contributed by atoms with Crippen LogP contribution in [0.1, 0.15) is 40.0 Å². The highest BCUT2D eigenvalue weighted by Gasteiger charge is 2.23. The molecule has 0 spiro atoms. The molecule has 12 heavy (non-hydrogen) atoms. The van der Waals surface area contributed by atoms with E-state index >= 15 is 0 Å². The Morgan fingerprint density at radius 3 is 2.08 bits per heavy atom. The molecule has 0 amide bonds. The topological polar surface area (TPSA) is 0 Å². The van der Waals surface area contributed by atoms with Gasteiger partial charge in [0.2, 0.25) is 0 Å². The Hall–Kier alpha value is 0.830. The van der Waals surface area contributed by atoms with Crippen LogP contribution in [0.4, 0.5) is 0 Å². The Kier molecular flexibility index (Phi) is 7.76. The fraction of sp³-hybridized carbons (Fsp3) is 1.00. The van der Waals surface area contributed by atoms with Gasteiger partial charge in [-0.05, 0) is 36.2 Å². The second-order valence-electron chi connectivity index (χ2n) is 3.39. The number of hydrogen-bond donors (Lipinski definition) is 0. The molecule has 0 atom stereocenters. The van der Waals surface area contributed by atoms with Gasteiger partial charge >= 0.3 is 0 Å². The molecule has 0 N–H and O–H groups in total. The molecule has 0 aliphatic carbocycles. The van der Waals surface area contributed by atoms with Gasteiger partial charge in [0.25, 0.3) is 0 Å². The van der Waals surface area contributed by atoms with Crippen molar-refractivity contribution in [3.63, 3.8) is 0 Å². The first-order valence-electron chi connectivity index (χ1n) is 4.88. The fourth-order valence-corrected chi connectivity index (χ4v) is 3.74. The van der Waals surface area contributed by atoms with Gasteiger partial charge in [0.1, 0.15) is 0 Å². The number of hydrogen-bond acceptors (Lipinski definition) is 1. The molecule has 0 heterocycles. The number of rotatable bonds is 7. The van der Waals surface area contributed by atoms with Crippen LogP contribution in [0.3, 0.4) is 0 Å². The van der Waals surface area contributed by atoms with E-state index in [2.05, 4.69) is 48.5 Å². The largest absolute Gasteiger partial charge is 0.161 e. The Balaban J connectivity index is 3.76. The SMILES string of the molecule is CCCSCC(CC)(CC)CBr. The smallest absolute Gasteiger partial charge is 0.00956 e. The zero-order valence-electron chi connectivity index (χ0n) is 8.53. The zero-order valence-corrected chi connectivity index (χ0v) is 10.9. The van der Waals surface area contributed by atoms with Gasteiger partial charge in [-0.3, -0.25) is 0 Å². The first kappa shape index (κ1) is 12.8. The van der Waals surface area contributed by atoms with Crippen molar-refractivity contribution in [2.45, 2.75) is 40.0 Å². The lowest BCUT2D eigenvalue weighted by atomic mass is 9.87. The maximum Gasteiger partial charge on any atom is 0.00956 e. The summed E-state index contributed by atoms with van der Waals surface area (Å²) in [6, 6.07) is 0. The quantitative estimate of drug-likeness (QED) is 0.480. The summed E-state index contributed by atoms with van der Waals surface area (Å²) in [4.78, 5) is 0. The summed E-state index contributed by atoms with van der Waals surface area (Å²) in [7, 11) is 0. The summed E-state index contributed by atoms with van der Waals surface area (Å²) in [6.07, 6.45) is 3.90. The molecule has 0 aromatic rings. The van der Waals surface area contributed by atoms with Crippen molar-refractivity contribution in [1.29, 1.82) is 0 Å². The lowest BCUT2D eigenvalue weighted by Crippen LogP contribution is -2.24. The van der Waals surface area contributed by atoms with Crippen LogP contribution in [0.2, 0.25) is 0 Å². The highest BCUT2D eigenvalue weighted by Crippen LogP contribution is 2.32. The van der Waals surface area contributed by atoms with Crippen LogP contribution in [0.25, 0.3) is 0 Å². The van der Waals surface area contributed by atoms with E-state index < -0.39 is 0 Å². The molecule has 0 aliphatic heterocycles. The van der Waals surface area contributed by atoms with E-state index in [1.165, 1.54) is 30.8 Å². The van der Waals surface area contributed by atoms with Crippen LogP contribution in [-0.4, -0.2) is 16.8 Å². The lowest BCUT2D eigenvalue weighted by Gasteiger charge is -2.28. The average Bonchev–Trinajstić information content (AvgIpc) is 2.14. The highest BCUT2D eigenvalue weighted by molar-refractivity contribution is 9.09. The molecule has 0 aromatic carbocycles. The normalized spacial score (nSPS) is 12.0. The maximum absolute atomic E-state index is 3.63. The predicted octanol–water partition coefficient (Wildman–Crippen LogP) is 4.33. The van der Waals surface area contributed by atoms with Gasteiger partial charge in [0.05, 0.1) is 0 Å². The third kappa shape index (κ3) is 4.18. The van der Waals surface area contributed by atoms with Gasteiger partial charge < -0.3 is 0 Å². The molecule has 0 saturated carbocycles. The Morgan fingerprint density at radius 1 is 1.17 bits per heavy atom. The molecule has 0 aliphatic rings. The van der Waals surface area contributed by atoms with Crippen molar-refractivity contribution < 1.29 is 0 Å². The molecule has 0 unspecified atom stereocenters. The van der Waals surface area contributed by atoms with Gasteiger partial charge in [-0.25, -0.2) is 0 Å². The van der Waals surface area contributed by atoms with Crippen LogP contribution in [0.5, 0.6) is 0 Å². The summed E-state index contributed by atoms with van der Waals surface area (Å²) in [5.41, 5.74) is 0.555. The zero-order chi connectivity index (χ0) is 9.45. The Bertz CT molecular complexity index is 91.7. The third-order valence-electron chi connectivity index (χ3n) is 2.54. The van der Waals surface area contributed by atoms with Crippen molar-refractivity contribution in [1.82, 2.24) is 0 Å². The monoisotopic (exact) mass is 252 g/mol. The van der Waals surface area contributed by atoms with Gasteiger partial charge in [0.15, 0.2) is 0 Å². The van der Waals surface area contributed by atoms with Crippen molar-refractivity contribution in [3.05, 3.63) is 0 Å². The van der Waals surface area contributed by atoms with E-state index in [0.717, 1.165) is 5.33 Å². The van der Waals surface area contributed by atoms with Crippen LogP contribution in [0, 0.1) is 5.41 Å². The maximum atomic E-state index is 3.63. The van der Waals surface area contributed by atoms with E-state index in [0.29, 0.717) is 5.41 Å². The van der Waals surface area contributed by atoms with Crippen molar-refractivity contribution in [2.24, 2.45) is 5.41 Å². The second kappa shape index (κ2) is 7.25. The molecular weight excluding hydrogens is 232 g/mol. The minimum absolute atomic E-state index is 0.555. The molecular formula is C10H21BrS. The molecule has 74 valence electrons. The molecule has 0 rings (SSSR count). The molecule has 0 aromatic heterocycles. The average molecular weight is 253 g/mol. The van der Waals surface area contributed by atoms with Gasteiger partial charge in [-0.2, -0.15) is 11.8 Å². The number of thioether (sulfide) groups is 1. The van der Waals surface area contributed by atoms with Crippen molar-refractivity contribution >= 4 is 27.7 Å². The van der Waals surface area contributed by atoms with E-state index in [4.69, 9.17) is 0 Å². The van der Waals surface area contributed by atoms with Gasteiger partial charge in [0, 0.05) is 5.33 Å². The van der Waals surface area contributed by atoms with E-state index in [1.807, 2.05) is 0 Å². The number of alkyl halides is 1. The molecule has 0 saturated heterocycles. The van der Waals surface area contributed by atoms with Gasteiger partial charge in [-0.1, -0.05) is 36.7 Å². The second-order valence-corrected chi connectivity index (χ2v) is 5.06. The van der Waals surface area contributed by atoms with E-state index in [-0.39, 0.29) is 0 Å². The molecule has 0 nitrogen and oxygen atoms in total. The summed E-state index contributed by atoms with van der Waals surface area (Å²) >= 11 is 5.74. The van der Waals surface area contributed by atoms with E-state index in [1.54, 1.807) is 0 Å². The van der Waals surface area contributed by atoms with E-state index in [9.17, 15) is 0 Å². The lowest BCUT2D eigenvalue weighted by molar-refractivity contribution is 0.359. The first-order chi connectivity index (χ1) is 5.74. The predicted molar refractivity (Wildman–Crippen MR) is 64.4 cm³/mol. The van der Waals surface area contributed by atoms with Crippen molar-refractivity contribution in [3.8, 4) is 0 Å². The molecule has 2 heteroatoms. The fourth-order valence-electron chi connectivity index (χ4n) is 1.11. The number of halogens is 1. The third-order valence-corrected chi connectivity index (χ3v) is 5.24. The Labute approximate surface area is 90.0 Å². The Morgan fingerprint density at radius 2 is 1.75 bits per heavy atom. The summed E-state index contributed by atoms with van der Waals surface area (Å²) in [6.45, 7) is 6.86. The highest BCUT2D eigenvalue weighted by atomic mass is 79.9. The van der Waals surface area contributed by atoms with Crippen LogP contribution >= 0.6 is 27.7 Å². The minimum atomic E-state index is 0.555. The van der Waals surface area contributed by atoms with Crippen LogP contribution in [0.15, 0.2) is 0 Å². The molecule has 0 fully saturated rings. The molecule has 0 radical (unpaired) electrons. The summed E-state index contributed by atoms with van der Waals surface area (Å²) in [5.74, 6) is 2.63.